The molecule has 0 aliphatic carbocycles. The highest BCUT2D eigenvalue weighted by atomic mass is 16.3. The van der Waals surface area contributed by atoms with Crippen molar-refractivity contribution in [2.24, 2.45) is 0 Å². The molecular weight excluding hydrogens is 448 g/mol. The highest BCUT2D eigenvalue weighted by molar-refractivity contribution is 6.46. The first-order valence-electron chi connectivity index (χ1n) is 13.5. The molecule has 36 heavy (non-hydrogen) atoms. The number of likely N-dealkylation sites (tertiary alicyclic amines) is 1. The van der Waals surface area contributed by atoms with Gasteiger partial charge in [0.05, 0.1) is 11.6 Å². The van der Waals surface area contributed by atoms with Crippen LogP contribution in [0.3, 0.4) is 0 Å². The van der Waals surface area contributed by atoms with Crippen molar-refractivity contribution in [1.29, 1.82) is 0 Å². The van der Waals surface area contributed by atoms with E-state index in [2.05, 4.69) is 44.7 Å². The highest BCUT2D eigenvalue weighted by Crippen LogP contribution is 2.39. The molecule has 0 radical (unpaired) electrons. The number of Topliss-reactive ketones (excluding diaryl/α,β-unsaturated/α-hetero) is 1. The average molecular weight is 491 g/mol. The smallest absolute Gasteiger partial charge is 0.295 e. The van der Waals surface area contributed by atoms with Crippen LogP contribution in [0.25, 0.3) is 5.76 Å². The van der Waals surface area contributed by atoms with Crippen molar-refractivity contribution in [1.82, 2.24) is 9.80 Å². The number of aliphatic hydroxyl groups is 1. The lowest BCUT2D eigenvalue weighted by atomic mass is 9.93. The van der Waals surface area contributed by atoms with Gasteiger partial charge in [-0.15, -0.1) is 0 Å². The Kier molecular flexibility index (Phi) is 10.3. The monoisotopic (exact) mass is 490 g/mol. The van der Waals surface area contributed by atoms with Gasteiger partial charge in [0.15, 0.2) is 0 Å². The summed E-state index contributed by atoms with van der Waals surface area (Å²) in [7, 11) is 0. The van der Waals surface area contributed by atoms with Crippen LogP contribution in [0.15, 0.2) is 60.2 Å². The third kappa shape index (κ3) is 6.64. The van der Waals surface area contributed by atoms with Crippen LogP contribution in [0, 0.1) is 0 Å². The van der Waals surface area contributed by atoms with Gasteiger partial charge in [0.2, 0.25) is 0 Å². The van der Waals surface area contributed by atoms with E-state index in [0.29, 0.717) is 18.0 Å². The van der Waals surface area contributed by atoms with Crippen molar-refractivity contribution < 1.29 is 14.7 Å². The molecule has 0 saturated carbocycles. The number of hydrogen-bond acceptors (Lipinski definition) is 4. The number of benzene rings is 2. The summed E-state index contributed by atoms with van der Waals surface area (Å²) in [6, 6.07) is 16.5. The maximum absolute atomic E-state index is 13.2. The van der Waals surface area contributed by atoms with Gasteiger partial charge in [0.25, 0.3) is 11.7 Å². The van der Waals surface area contributed by atoms with Crippen molar-refractivity contribution in [3.05, 3.63) is 76.9 Å². The van der Waals surface area contributed by atoms with Crippen LogP contribution < -0.4 is 0 Å². The topological polar surface area (TPSA) is 60.9 Å². The van der Waals surface area contributed by atoms with Crippen LogP contribution in [0.1, 0.15) is 88.4 Å². The van der Waals surface area contributed by atoms with E-state index in [0.717, 1.165) is 57.3 Å². The van der Waals surface area contributed by atoms with Gasteiger partial charge in [-0.3, -0.25) is 9.59 Å². The van der Waals surface area contributed by atoms with Crippen molar-refractivity contribution in [2.75, 3.05) is 26.2 Å². The second-order valence-electron chi connectivity index (χ2n) is 10.1. The van der Waals surface area contributed by atoms with Crippen LogP contribution in [0.4, 0.5) is 0 Å². The number of carbonyl (C=O) groups excluding carboxylic acids is 2. The summed E-state index contributed by atoms with van der Waals surface area (Å²) >= 11 is 0. The molecule has 1 fully saturated rings. The number of nitrogens with zero attached hydrogens (tertiary/aromatic N) is 2. The number of rotatable bonds is 13. The summed E-state index contributed by atoms with van der Waals surface area (Å²) in [5.41, 5.74) is 2.77. The zero-order valence-corrected chi connectivity index (χ0v) is 22.4. The number of amides is 1. The van der Waals surface area contributed by atoms with Gasteiger partial charge in [-0.05, 0) is 55.9 Å². The van der Waals surface area contributed by atoms with Crippen LogP contribution in [-0.4, -0.2) is 52.8 Å². The second-order valence-corrected chi connectivity index (χ2v) is 10.1. The molecule has 0 spiro atoms. The zero-order chi connectivity index (χ0) is 26.1. The van der Waals surface area contributed by atoms with Crippen LogP contribution >= 0.6 is 0 Å². The molecule has 2 aromatic rings. The fourth-order valence-electron chi connectivity index (χ4n) is 4.84. The van der Waals surface area contributed by atoms with E-state index in [9.17, 15) is 14.7 Å². The molecular formula is C31H42N2O3. The van der Waals surface area contributed by atoms with Gasteiger partial charge in [0, 0.05) is 12.1 Å². The standard InChI is InChI=1S/C31H42N2O3/c1-5-7-19-32(20-8-6-2)21-12-22-33-28(25-17-15-24(16-18-25)23(3)4)27(30(35)31(33)36)29(34)26-13-10-9-11-14-26/h9-11,13-18,23,28,34H,5-8,12,19-22H2,1-4H3/b29-27+. The quantitative estimate of drug-likeness (QED) is 0.197. The zero-order valence-electron chi connectivity index (χ0n) is 22.4. The first-order chi connectivity index (χ1) is 17.4. The molecule has 5 nitrogen and oxygen atoms in total. The minimum absolute atomic E-state index is 0.109. The van der Waals surface area contributed by atoms with E-state index in [4.69, 9.17) is 0 Å². The lowest BCUT2D eigenvalue weighted by Gasteiger charge is -2.27. The second kappa shape index (κ2) is 13.4. The van der Waals surface area contributed by atoms with Crippen LogP contribution in [0.5, 0.6) is 0 Å². The molecule has 194 valence electrons. The predicted molar refractivity (Wildman–Crippen MR) is 147 cm³/mol. The van der Waals surface area contributed by atoms with Gasteiger partial charge in [-0.2, -0.15) is 0 Å². The molecule has 1 aliphatic rings. The third-order valence-corrected chi connectivity index (χ3v) is 7.04. The predicted octanol–water partition coefficient (Wildman–Crippen LogP) is 6.52. The minimum atomic E-state index is -0.608. The molecule has 1 unspecified atom stereocenters. The summed E-state index contributed by atoms with van der Waals surface area (Å²) < 4.78 is 0. The number of hydrogen-bond donors (Lipinski definition) is 1. The van der Waals surface area contributed by atoms with Gasteiger partial charge in [0.1, 0.15) is 5.76 Å². The van der Waals surface area contributed by atoms with Crippen molar-refractivity contribution in [3.8, 4) is 0 Å². The largest absolute Gasteiger partial charge is 0.507 e. The normalized spacial score (nSPS) is 17.5. The summed E-state index contributed by atoms with van der Waals surface area (Å²) in [6.45, 7) is 12.2. The molecule has 1 amide bonds. The summed E-state index contributed by atoms with van der Waals surface area (Å²) in [4.78, 5) is 30.6. The number of ketones is 1. The molecule has 1 saturated heterocycles. The molecule has 0 aromatic heterocycles. The molecule has 1 heterocycles. The Labute approximate surface area is 216 Å². The Hall–Kier alpha value is -2.92. The van der Waals surface area contributed by atoms with Gasteiger partial charge in [-0.1, -0.05) is 95.1 Å². The van der Waals surface area contributed by atoms with Crippen molar-refractivity contribution in [3.63, 3.8) is 0 Å². The van der Waals surface area contributed by atoms with Gasteiger partial charge in [-0.25, -0.2) is 0 Å². The molecule has 1 atom stereocenters. The Morgan fingerprint density at radius 1 is 0.889 bits per heavy atom. The molecule has 1 N–H and O–H groups in total. The lowest BCUT2D eigenvalue weighted by molar-refractivity contribution is -0.140. The summed E-state index contributed by atoms with van der Waals surface area (Å²) in [5.74, 6) is -0.865. The van der Waals surface area contributed by atoms with Gasteiger partial charge < -0.3 is 14.9 Å². The van der Waals surface area contributed by atoms with E-state index in [-0.39, 0.29) is 11.3 Å². The summed E-state index contributed by atoms with van der Waals surface area (Å²) in [5, 5.41) is 11.2. The van der Waals surface area contributed by atoms with E-state index in [1.54, 1.807) is 17.0 Å². The Morgan fingerprint density at radius 2 is 1.47 bits per heavy atom. The minimum Gasteiger partial charge on any atom is -0.507 e. The molecule has 2 aromatic carbocycles. The first-order valence-corrected chi connectivity index (χ1v) is 13.5. The molecule has 1 aliphatic heterocycles. The van der Waals surface area contributed by atoms with E-state index >= 15 is 0 Å². The highest BCUT2D eigenvalue weighted by Gasteiger charge is 2.45. The van der Waals surface area contributed by atoms with Crippen LogP contribution in [-0.2, 0) is 9.59 Å². The number of carbonyl (C=O) groups is 2. The Balaban J connectivity index is 1.91. The maximum atomic E-state index is 13.2. The lowest BCUT2D eigenvalue weighted by Crippen LogP contribution is -2.34. The first kappa shape index (κ1) is 27.7. The molecule has 5 heteroatoms. The molecule has 0 bridgehead atoms. The Morgan fingerprint density at radius 3 is 2.03 bits per heavy atom. The van der Waals surface area contributed by atoms with E-state index in [1.807, 2.05) is 30.3 Å². The third-order valence-electron chi connectivity index (χ3n) is 7.04. The fourth-order valence-corrected chi connectivity index (χ4v) is 4.84. The van der Waals surface area contributed by atoms with Gasteiger partial charge >= 0.3 is 0 Å². The van der Waals surface area contributed by atoms with Crippen molar-refractivity contribution in [2.45, 2.75) is 71.8 Å². The average Bonchev–Trinajstić information content (AvgIpc) is 3.15. The molecule has 3 rings (SSSR count). The maximum Gasteiger partial charge on any atom is 0.295 e. The Bertz CT molecular complexity index is 1020. The van der Waals surface area contributed by atoms with E-state index in [1.165, 1.54) is 5.56 Å². The number of unbranched alkanes of at least 4 members (excludes halogenated alkanes) is 2. The number of aliphatic hydroxyl groups excluding tert-OH is 1. The SMILES string of the molecule is CCCCN(CCCC)CCCN1C(=O)C(=O)/C(=C(/O)c2ccccc2)C1c1ccc(C(C)C)cc1. The summed E-state index contributed by atoms with van der Waals surface area (Å²) in [6.07, 6.45) is 5.42. The van der Waals surface area contributed by atoms with E-state index < -0.39 is 17.7 Å². The fraction of sp³-hybridized carbons (Fsp3) is 0.484. The van der Waals surface area contributed by atoms with Crippen LogP contribution in [0.2, 0.25) is 0 Å². The van der Waals surface area contributed by atoms with Crippen molar-refractivity contribution >= 4 is 17.4 Å².